The van der Waals surface area contributed by atoms with Crippen molar-refractivity contribution in [1.82, 2.24) is 30.2 Å². The molecule has 4 aromatic rings. The number of hydrogen-bond acceptors (Lipinski definition) is 8. The molecule has 4 aromatic heterocycles. The highest BCUT2D eigenvalue weighted by Gasteiger charge is 2.20. The summed E-state index contributed by atoms with van der Waals surface area (Å²) in [5.41, 5.74) is 2.86. The van der Waals surface area contributed by atoms with E-state index in [2.05, 4.69) is 43.0 Å². The zero-order chi connectivity index (χ0) is 22.6. The zero-order valence-corrected chi connectivity index (χ0v) is 19.0. The first-order valence-electron chi connectivity index (χ1n) is 10.7. The van der Waals surface area contributed by atoms with E-state index in [4.69, 9.17) is 4.74 Å². The van der Waals surface area contributed by atoms with Crippen molar-refractivity contribution >= 4 is 39.2 Å². The maximum absolute atomic E-state index is 12.3. The number of hydrogen-bond donors (Lipinski definition) is 3. The molecule has 1 amide bonds. The minimum atomic E-state index is -0.292. The Morgan fingerprint density at radius 3 is 3.00 bits per heavy atom. The van der Waals surface area contributed by atoms with E-state index < -0.39 is 0 Å². The Morgan fingerprint density at radius 2 is 2.18 bits per heavy atom. The fraction of sp³-hybridized carbons (Fsp3) is 0.318. The molecule has 0 unspecified atom stereocenters. The standard InChI is InChI=1S/C22H24N8O2S/c1-29-6-2-15(3-7-29)19-12-26-22(33-19)28-20-10-18-16(11-25-20)27-14-30(18)8-4-24-21(31)17-13-32-9-5-23-17/h2-3,6-7,10-12,14,17,23H,4-5,8-9,13H2,1H3,(H,24,31)/p+1/t17-/m0/s1. The number of morpholine rings is 1. The third-order valence-electron chi connectivity index (χ3n) is 5.40. The monoisotopic (exact) mass is 465 g/mol. The van der Waals surface area contributed by atoms with Crippen LogP contribution in [-0.2, 0) is 23.1 Å². The molecule has 1 fully saturated rings. The topological polar surface area (TPSA) is 110 Å². The molecule has 0 bridgehead atoms. The number of aryl methyl sites for hydroxylation is 1. The third kappa shape index (κ3) is 5.00. The van der Waals surface area contributed by atoms with Crippen LogP contribution >= 0.6 is 11.3 Å². The lowest BCUT2D eigenvalue weighted by Crippen LogP contribution is -2.51. The van der Waals surface area contributed by atoms with Crippen LogP contribution < -0.4 is 20.5 Å². The number of pyridine rings is 2. The molecule has 0 aliphatic carbocycles. The van der Waals surface area contributed by atoms with Gasteiger partial charge in [0.25, 0.3) is 0 Å². The van der Waals surface area contributed by atoms with Crippen LogP contribution in [0.5, 0.6) is 0 Å². The minimum Gasteiger partial charge on any atom is -0.378 e. The Kier molecular flexibility index (Phi) is 6.24. The van der Waals surface area contributed by atoms with Gasteiger partial charge in [-0.1, -0.05) is 11.3 Å². The van der Waals surface area contributed by atoms with Crippen molar-refractivity contribution in [3.8, 4) is 10.4 Å². The molecule has 3 N–H and O–H groups in total. The molecular weight excluding hydrogens is 440 g/mol. The number of imidazole rings is 1. The van der Waals surface area contributed by atoms with Crippen molar-refractivity contribution in [3.05, 3.63) is 49.3 Å². The van der Waals surface area contributed by atoms with Crippen LogP contribution in [-0.4, -0.2) is 57.8 Å². The third-order valence-corrected chi connectivity index (χ3v) is 6.36. The van der Waals surface area contributed by atoms with Gasteiger partial charge in [0.15, 0.2) is 17.5 Å². The van der Waals surface area contributed by atoms with Crippen molar-refractivity contribution in [2.75, 3.05) is 31.6 Å². The Balaban J connectivity index is 1.23. The van der Waals surface area contributed by atoms with Gasteiger partial charge in [0, 0.05) is 49.6 Å². The quantitative estimate of drug-likeness (QED) is 0.352. The van der Waals surface area contributed by atoms with Gasteiger partial charge in [-0.05, 0) is 0 Å². The Labute approximate surface area is 194 Å². The number of fused-ring (bicyclic) bond motifs is 1. The second-order valence-electron chi connectivity index (χ2n) is 7.78. The largest absolute Gasteiger partial charge is 0.378 e. The van der Waals surface area contributed by atoms with Crippen LogP contribution in [0.4, 0.5) is 10.9 Å². The van der Waals surface area contributed by atoms with Crippen molar-refractivity contribution < 1.29 is 14.1 Å². The summed E-state index contributed by atoms with van der Waals surface area (Å²) in [6.07, 6.45) is 9.39. The van der Waals surface area contributed by atoms with E-state index in [-0.39, 0.29) is 11.9 Å². The smallest absolute Gasteiger partial charge is 0.239 e. The molecule has 11 heteroatoms. The number of thiazole rings is 1. The van der Waals surface area contributed by atoms with Gasteiger partial charge in [0.05, 0.1) is 36.1 Å². The van der Waals surface area contributed by atoms with E-state index >= 15 is 0 Å². The molecule has 1 aliphatic rings. The molecule has 0 radical (unpaired) electrons. The average Bonchev–Trinajstić information content (AvgIpc) is 3.47. The maximum Gasteiger partial charge on any atom is 0.239 e. The Hall–Kier alpha value is -3.41. The predicted octanol–water partition coefficient (Wildman–Crippen LogP) is 1.23. The number of rotatable bonds is 7. The number of carbonyl (C=O) groups excluding carboxylic acids is 1. The summed E-state index contributed by atoms with van der Waals surface area (Å²) in [5, 5.41) is 10.2. The predicted molar refractivity (Wildman–Crippen MR) is 125 cm³/mol. The summed E-state index contributed by atoms with van der Waals surface area (Å²) < 4.78 is 9.35. The van der Waals surface area contributed by atoms with Gasteiger partial charge in [-0.3, -0.25) is 4.79 Å². The molecule has 170 valence electrons. The van der Waals surface area contributed by atoms with Gasteiger partial charge in [0.2, 0.25) is 5.91 Å². The zero-order valence-electron chi connectivity index (χ0n) is 18.2. The van der Waals surface area contributed by atoms with Gasteiger partial charge in [-0.25, -0.2) is 19.5 Å². The molecule has 33 heavy (non-hydrogen) atoms. The normalized spacial score (nSPS) is 16.1. The lowest BCUT2D eigenvalue weighted by Gasteiger charge is -2.22. The SMILES string of the molecule is C[n+]1ccc(-c2cnc(Nc3cc4c(cn3)ncn4CCNC(=O)[C@@H]3COCCN3)s2)cc1. The summed E-state index contributed by atoms with van der Waals surface area (Å²) in [7, 11) is 1.99. The van der Waals surface area contributed by atoms with Gasteiger partial charge < -0.3 is 25.3 Å². The summed E-state index contributed by atoms with van der Waals surface area (Å²) in [6, 6.07) is 5.79. The van der Waals surface area contributed by atoms with E-state index in [9.17, 15) is 4.79 Å². The van der Waals surface area contributed by atoms with E-state index in [1.165, 1.54) is 0 Å². The lowest BCUT2D eigenvalue weighted by molar-refractivity contribution is -0.671. The second kappa shape index (κ2) is 9.61. The number of nitrogens with one attached hydrogen (secondary N) is 3. The highest BCUT2D eigenvalue weighted by molar-refractivity contribution is 7.18. The highest BCUT2D eigenvalue weighted by atomic mass is 32.1. The Bertz CT molecular complexity index is 1250. The minimum absolute atomic E-state index is 0.0464. The summed E-state index contributed by atoms with van der Waals surface area (Å²) >= 11 is 1.57. The van der Waals surface area contributed by atoms with Crippen molar-refractivity contribution in [1.29, 1.82) is 0 Å². The highest BCUT2D eigenvalue weighted by Crippen LogP contribution is 2.30. The fourth-order valence-corrected chi connectivity index (χ4v) is 4.43. The molecule has 1 saturated heterocycles. The van der Waals surface area contributed by atoms with E-state index in [0.717, 1.165) is 26.6 Å². The van der Waals surface area contributed by atoms with Crippen LogP contribution in [0.25, 0.3) is 21.5 Å². The van der Waals surface area contributed by atoms with Crippen LogP contribution in [0.15, 0.2) is 49.3 Å². The average molecular weight is 466 g/mol. The number of carbonyl (C=O) groups is 1. The number of ether oxygens (including phenoxy) is 1. The van der Waals surface area contributed by atoms with Crippen molar-refractivity contribution in [2.24, 2.45) is 7.05 Å². The van der Waals surface area contributed by atoms with Crippen LogP contribution in [0.3, 0.4) is 0 Å². The molecule has 1 aliphatic heterocycles. The lowest BCUT2D eigenvalue weighted by atomic mass is 10.2. The molecule has 0 saturated carbocycles. The molecule has 5 heterocycles. The number of amides is 1. The molecule has 10 nitrogen and oxygen atoms in total. The summed E-state index contributed by atoms with van der Waals surface area (Å²) in [4.78, 5) is 26.7. The van der Waals surface area contributed by atoms with Crippen LogP contribution in [0.2, 0.25) is 0 Å². The first kappa shape index (κ1) is 21.4. The number of aromatic nitrogens is 5. The van der Waals surface area contributed by atoms with Gasteiger partial charge >= 0.3 is 0 Å². The van der Waals surface area contributed by atoms with Crippen molar-refractivity contribution in [3.63, 3.8) is 0 Å². The summed E-state index contributed by atoms with van der Waals surface area (Å²) in [6.45, 7) is 2.84. The Morgan fingerprint density at radius 1 is 1.30 bits per heavy atom. The maximum atomic E-state index is 12.3. The van der Waals surface area contributed by atoms with Gasteiger partial charge in [-0.15, -0.1) is 0 Å². The van der Waals surface area contributed by atoms with Crippen LogP contribution in [0, 0.1) is 0 Å². The first-order chi connectivity index (χ1) is 16.2. The molecule has 0 spiro atoms. The van der Waals surface area contributed by atoms with E-state index in [0.29, 0.717) is 38.7 Å². The van der Waals surface area contributed by atoms with Gasteiger partial charge in [-0.2, -0.15) is 0 Å². The summed E-state index contributed by atoms with van der Waals surface area (Å²) in [5.74, 6) is 0.645. The van der Waals surface area contributed by atoms with Gasteiger partial charge in [0.1, 0.15) is 24.4 Å². The number of nitrogens with zero attached hydrogens (tertiary/aromatic N) is 5. The second-order valence-corrected chi connectivity index (χ2v) is 8.81. The van der Waals surface area contributed by atoms with Crippen molar-refractivity contribution in [2.45, 2.75) is 12.6 Å². The number of anilines is 2. The first-order valence-corrected chi connectivity index (χ1v) is 11.6. The fourth-order valence-electron chi connectivity index (χ4n) is 3.60. The van der Waals surface area contributed by atoms with E-state index in [1.807, 2.05) is 40.8 Å². The molecule has 5 rings (SSSR count). The van der Waals surface area contributed by atoms with E-state index in [1.54, 1.807) is 23.9 Å². The molecule has 1 atom stereocenters. The molecular formula is C22H25N8O2S+. The van der Waals surface area contributed by atoms with Crippen LogP contribution in [0.1, 0.15) is 0 Å². The molecule has 0 aromatic carbocycles.